The number of hydrogen-bond acceptors (Lipinski definition) is 3. The third-order valence-electron chi connectivity index (χ3n) is 2.52. The summed E-state index contributed by atoms with van der Waals surface area (Å²) in [6.45, 7) is 0.721. The van der Waals surface area contributed by atoms with Crippen LogP contribution < -0.4 is 0 Å². The molecule has 1 saturated heterocycles. The molecular weight excluding hydrogens is 198 g/mol. The fourth-order valence-corrected chi connectivity index (χ4v) is 1.69. The molecule has 1 aromatic heterocycles. The van der Waals surface area contributed by atoms with Gasteiger partial charge in [-0.25, -0.2) is 0 Å². The summed E-state index contributed by atoms with van der Waals surface area (Å²) in [5, 5.41) is 8.78. The van der Waals surface area contributed by atoms with Gasteiger partial charge >= 0.3 is 5.97 Å². The zero-order valence-corrected chi connectivity index (χ0v) is 8.05. The average molecular weight is 209 g/mol. The van der Waals surface area contributed by atoms with Crippen LogP contribution in [0.3, 0.4) is 0 Å². The average Bonchev–Trinajstić information content (AvgIpc) is 2.77. The van der Waals surface area contributed by atoms with Crippen molar-refractivity contribution in [1.82, 2.24) is 4.90 Å². The van der Waals surface area contributed by atoms with Crippen molar-refractivity contribution < 1.29 is 19.1 Å². The standard InChI is InChI=1S/C10H11NO4/c12-9-3-8(10(13)14)5-11(9)4-7-1-2-15-6-7/h1-2,6,8H,3-5H2,(H,13,14). The Morgan fingerprint density at radius 1 is 1.67 bits per heavy atom. The summed E-state index contributed by atoms with van der Waals surface area (Å²) in [5.74, 6) is -1.58. The van der Waals surface area contributed by atoms with E-state index in [9.17, 15) is 9.59 Å². The minimum Gasteiger partial charge on any atom is -0.481 e. The van der Waals surface area contributed by atoms with Crippen LogP contribution in [-0.2, 0) is 16.1 Å². The van der Waals surface area contributed by atoms with E-state index in [-0.39, 0.29) is 12.3 Å². The molecule has 15 heavy (non-hydrogen) atoms. The van der Waals surface area contributed by atoms with Crippen LogP contribution in [0, 0.1) is 5.92 Å². The van der Waals surface area contributed by atoms with Crippen LogP contribution in [0.2, 0.25) is 0 Å². The van der Waals surface area contributed by atoms with Crippen molar-refractivity contribution >= 4 is 11.9 Å². The number of likely N-dealkylation sites (tertiary alicyclic amines) is 1. The second-order valence-electron chi connectivity index (χ2n) is 3.65. The van der Waals surface area contributed by atoms with Crippen LogP contribution in [0.1, 0.15) is 12.0 Å². The molecule has 0 saturated carbocycles. The molecule has 0 bridgehead atoms. The highest BCUT2D eigenvalue weighted by molar-refractivity contribution is 5.86. The first-order chi connectivity index (χ1) is 7.16. The molecular formula is C10H11NO4. The summed E-state index contributed by atoms with van der Waals surface area (Å²) in [6, 6.07) is 1.77. The van der Waals surface area contributed by atoms with Gasteiger partial charge in [-0.3, -0.25) is 9.59 Å². The zero-order valence-electron chi connectivity index (χ0n) is 8.05. The van der Waals surface area contributed by atoms with Gasteiger partial charge in [0.05, 0.1) is 18.4 Å². The molecule has 1 aliphatic rings. The van der Waals surface area contributed by atoms with Gasteiger partial charge in [-0.05, 0) is 6.07 Å². The van der Waals surface area contributed by atoms with E-state index in [0.29, 0.717) is 13.1 Å². The Hall–Kier alpha value is -1.78. The molecule has 80 valence electrons. The maximum absolute atomic E-state index is 11.4. The molecule has 5 heteroatoms. The molecule has 1 fully saturated rings. The van der Waals surface area contributed by atoms with E-state index in [4.69, 9.17) is 9.52 Å². The Bertz CT molecular complexity index is 371. The maximum atomic E-state index is 11.4. The largest absolute Gasteiger partial charge is 0.481 e. The van der Waals surface area contributed by atoms with Crippen molar-refractivity contribution in [2.24, 2.45) is 5.92 Å². The smallest absolute Gasteiger partial charge is 0.308 e. The van der Waals surface area contributed by atoms with Gasteiger partial charge in [0.15, 0.2) is 0 Å². The molecule has 1 unspecified atom stereocenters. The summed E-state index contributed by atoms with van der Waals surface area (Å²) >= 11 is 0. The van der Waals surface area contributed by atoms with Gasteiger partial charge in [0.2, 0.25) is 5.91 Å². The van der Waals surface area contributed by atoms with Crippen molar-refractivity contribution in [2.45, 2.75) is 13.0 Å². The number of carbonyl (C=O) groups excluding carboxylic acids is 1. The number of hydrogen-bond donors (Lipinski definition) is 1. The van der Waals surface area contributed by atoms with Gasteiger partial charge in [-0.2, -0.15) is 0 Å². The van der Waals surface area contributed by atoms with Gasteiger partial charge in [-0.1, -0.05) is 0 Å². The third-order valence-corrected chi connectivity index (χ3v) is 2.52. The predicted octanol–water partition coefficient (Wildman–Crippen LogP) is 0.713. The zero-order chi connectivity index (χ0) is 10.8. The fourth-order valence-electron chi connectivity index (χ4n) is 1.69. The minimum atomic E-state index is -0.905. The molecule has 0 radical (unpaired) electrons. The molecule has 2 heterocycles. The number of nitrogens with zero attached hydrogens (tertiary/aromatic N) is 1. The van der Waals surface area contributed by atoms with Crippen molar-refractivity contribution in [1.29, 1.82) is 0 Å². The fraction of sp³-hybridized carbons (Fsp3) is 0.400. The monoisotopic (exact) mass is 209 g/mol. The molecule has 1 aromatic rings. The maximum Gasteiger partial charge on any atom is 0.308 e. The van der Waals surface area contributed by atoms with Crippen LogP contribution in [0.15, 0.2) is 23.0 Å². The van der Waals surface area contributed by atoms with Crippen LogP contribution in [0.25, 0.3) is 0 Å². The lowest BCUT2D eigenvalue weighted by Crippen LogP contribution is -2.25. The SMILES string of the molecule is O=C(O)C1CC(=O)N(Cc2ccoc2)C1. The number of furan rings is 1. The van der Waals surface area contributed by atoms with Crippen molar-refractivity contribution in [2.75, 3.05) is 6.54 Å². The number of aliphatic carboxylic acids is 1. The Morgan fingerprint density at radius 3 is 3.00 bits per heavy atom. The first-order valence-electron chi connectivity index (χ1n) is 4.68. The predicted molar refractivity (Wildman–Crippen MR) is 49.9 cm³/mol. The van der Waals surface area contributed by atoms with E-state index in [1.807, 2.05) is 0 Å². The lowest BCUT2D eigenvalue weighted by molar-refractivity contribution is -0.141. The molecule has 1 atom stereocenters. The molecule has 1 aliphatic heterocycles. The number of carbonyl (C=O) groups is 2. The van der Waals surface area contributed by atoms with Crippen LogP contribution in [-0.4, -0.2) is 28.4 Å². The van der Waals surface area contributed by atoms with E-state index in [0.717, 1.165) is 5.56 Å². The Morgan fingerprint density at radius 2 is 2.47 bits per heavy atom. The second-order valence-corrected chi connectivity index (χ2v) is 3.65. The van der Waals surface area contributed by atoms with Gasteiger partial charge in [-0.15, -0.1) is 0 Å². The van der Waals surface area contributed by atoms with Crippen molar-refractivity contribution in [3.8, 4) is 0 Å². The van der Waals surface area contributed by atoms with Crippen molar-refractivity contribution in [3.63, 3.8) is 0 Å². The van der Waals surface area contributed by atoms with Gasteiger partial charge in [0, 0.05) is 25.1 Å². The third kappa shape index (κ3) is 2.01. The topological polar surface area (TPSA) is 70.8 Å². The summed E-state index contributed by atoms with van der Waals surface area (Å²) < 4.78 is 4.88. The first kappa shape index (κ1) is 9.76. The van der Waals surface area contributed by atoms with E-state index in [1.165, 1.54) is 6.26 Å². The highest BCUT2D eigenvalue weighted by Gasteiger charge is 2.34. The summed E-state index contributed by atoms with van der Waals surface area (Å²) in [4.78, 5) is 23.7. The molecule has 5 nitrogen and oxygen atoms in total. The highest BCUT2D eigenvalue weighted by Crippen LogP contribution is 2.20. The van der Waals surface area contributed by atoms with E-state index >= 15 is 0 Å². The lowest BCUT2D eigenvalue weighted by atomic mass is 10.1. The second kappa shape index (κ2) is 3.76. The van der Waals surface area contributed by atoms with Crippen LogP contribution in [0.4, 0.5) is 0 Å². The van der Waals surface area contributed by atoms with E-state index < -0.39 is 11.9 Å². The number of amides is 1. The van der Waals surface area contributed by atoms with E-state index in [2.05, 4.69) is 0 Å². The quantitative estimate of drug-likeness (QED) is 0.795. The molecule has 0 aromatic carbocycles. The van der Waals surface area contributed by atoms with E-state index in [1.54, 1.807) is 17.2 Å². The molecule has 1 amide bonds. The molecule has 0 aliphatic carbocycles. The molecule has 0 spiro atoms. The summed E-state index contributed by atoms with van der Waals surface area (Å²) in [6.07, 6.45) is 3.19. The van der Waals surface area contributed by atoms with Gasteiger partial charge in [0.1, 0.15) is 0 Å². The highest BCUT2D eigenvalue weighted by atomic mass is 16.4. The van der Waals surface area contributed by atoms with Crippen molar-refractivity contribution in [3.05, 3.63) is 24.2 Å². The number of rotatable bonds is 3. The summed E-state index contributed by atoms with van der Waals surface area (Å²) in [7, 11) is 0. The minimum absolute atomic E-state index is 0.104. The molecule has 1 N–H and O–H groups in total. The normalized spacial score (nSPS) is 20.9. The lowest BCUT2D eigenvalue weighted by Gasteiger charge is -2.14. The number of carboxylic acid groups (broad SMARTS) is 1. The Balaban J connectivity index is 2.00. The number of carboxylic acids is 1. The Labute approximate surface area is 86.3 Å². The van der Waals surface area contributed by atoms with Gasteiger partial charge < -0.3 is 14.4 Å². The van der Waals surface area contributed by atoms with Crippen LogP contribution in [0.5, 0.6) is 0 Å². The van der Waals surface area contributed by atoms with Gasteiger partial charge in [0.25, 0.3) is 0 Å². The molecule has 2 rings (SSSR count). The Kier molecular flexibility index (Phi) is 2.45. The summed E-state index contributed by atoms with van der Waals surface area (Å²) in [5.41, 5.74) is 0.884. The first-order valence-corrected chi connectivity index (χ1v) is 4.68. The van der Waals surface area contributed by atoms with Crippen LogP contribution >= 0.6 is 0 Å².